The van der Waals surface area contributed by atoms with E-state index in [4.69, 9.17) is 4.74 Å². The maximum atomic E-state index is 10.8. The third-order valence-corrected chi connectivity index (χ3v) is 5.09. The van der Waals surface area contributed by atoms with Crippen LogP contribution in [0.25, 0.3) is 0 Å². The van der Waals surface area contributed by atoms with Crippen LogP contribution in [0.5, 0.6) is 0 Å². The zero-order valence-electron chi connectivity index (χ0n) is 17.3. The van der Waals surface area contributed by atoms with Crippen molar-refractivity contribution in [3.8, 4) is 0 Å². The molecule has 7 nitrogen and oxygen atoms in total. The fraction of sp³-hybridized carbons (Fsp3) is 0.524. The van der Waals surface area contributed by atoms with Crippen LogP contribution in [-0.4, -0.2) is 47.1 Å². The topological polar surface area (TPSA) is 83.7 Å². The number of guanidine groups is 1. The van der Waals surface area contributed by atoms with Crippen molar-refractivity contribution in [1.82, 2.24) is 20.4 Å². The third-order valence-electron chi connectivity index (χ3n) is 5.09. The standard InChI is InChI=1S/C21H31N5O2.HI/c1-4-22-20(24-15-21(2,27)18-13-25-26(3)14-18)23-12-17-10-11-28-19(17)16-8-6-5-7-9-16;/h5-9,13-14,17,19,27H,4,10-12,15H2,1-3H3,(H2,22,23,24);1H. The lowest BCUT2D eigenvalue weighted by molar-refractivity contribution is 0.0671. The molecule has 29 heavy (non-hydrogen) atoms. The first-order chi connectivity index (χ1) is 13.5. The Bertz CT molecular complexity index is 778. The lowest BCUT2D eigenvalue weighted by Gasteiger charge is -2.22. The molecule has 0 saturated carbocycles. The summed E-state index contributed by atoms with van der Waals surface area (Å²) < 4.78 is 7.65. The normalized spacial score (nSPS) is 21.3. The molecule has 160 valence electrons. The Morgan fingerprint density at radius 2 is 2.10 bits per heavy atom. The van der Waals surface area contributed by atoms with E-state index in [9.17, 15) is 5.11 Å². The summed E-state index contributed by atoms with van der Waals surface area (Å²) in [4.78, 5) is 4.60. The third kappa shape index (κ3) is 6.42. The molecule has 3 rings (SSSR count). The number of nitrogens with zero attached hydrogens (tertiary/aromatic N) is 3. The van der Waals surface area contributed by atoms with Crippen molar-refractivity contribution in [2.24, 2.45) is 18.0 Å². The van der Waals surface area contributed by atoms with Crippen LogP contribution in [0.15, 0.2) is 47.7 Å². The number of benzene rings is 1. The van der Waals surface area contributed by atoms with Crippen molar-refractivity contribution in [3.63, 3.8) is 0 Å². The molecule has 1 aliphatic heterocycles. The molecule has 1 fully saturated rings. The number of hydrogen-bond donors (Lipinski definition) is 3. The first-order valence-corrected chi connectivity index (χ1v) is 9.90. The molecule has 2 aromatic rings. The van der Waals surface area contributed by atoms with E-state index in [1.807, 2.05) is 38.4 Å². The minimum atomic E-state index is -1.07. The molecule has 2 heterocycles. The first kappa shape index (κ1) is 23.6. The molecule has 3 atom stereocenters. The lowest BCUT2D eigenvalue weighted by Crippen LogP contribution is -2.41. The number of aromatic nitrogens is 2. The van der Waals surface area contributed by atoms with Gasteiger partial charge in [0, 0.05) is 44.4 Å². The van der Waals surface area contributed by atoms with E-state index in [1.165, 1.54) is 5.56 Å². The number of ether oxygens (including phenoxy) is 1. The highest BCUT2D eigenvalue weighted by atomic mass is 127. The molecule has 1 aromatic carbocycles. The molecule has 0 spiro atoms. The minimum absolute atomic E-state index is 0. The highest BCUT2D eigenvalue weighted by Gasteiger charge is 2.30. The van der Waals surface area contributed by atoms with Gasteiger partial charge in [-0.15, -0.1) is 24.0 Å². The van der Waals surface area contributed by atoms with Gasteiger partial charge in [0.1, 0.15) is 5.60 Å². The summed E-state index contributed by atoms with van der Waals surface area (Å²) in [5, 5.41) is 21.6. The molecule has 0 aliphatic carbocycles. The summed E-state index contributed by atoms with van der Waals surface area (Å²) in [5.74, 6) is 1.08. The SMILES string of the molecule is CCNC(=NCC(C)(O)c1cnn(C)c1)NCC1CCOC1c1ccccc1.I. The molecule has 1 aromatic heterocycles. The van der Waals surface area contributed by atoms with Gasteiger partial charge < -0.3 is 20.5 Å². The maximum absolute atomic E-state index is 10.8. The number of halogens is 1. The summed E-state index contributed by atoms with van der Waals surface area (Å²) >= 11 is 0. The smallest absolute Gasteiger partial charge is 0.191 e. The lowest BCUT2D eigenvalue weighted by atomic mass is 9.95. The molecule has 8 heteroatoms. The Hall–Kier alpha value is -1.65. The number of aryl methyl sites for hydroxylation is 1. The Labute approximate surface area is 190 Å². The van der Waals surface area contributed by atoms with Crippen LogP contribution in [-0.2, 0) is 17.4 Å². The highest BCUT2D eigenvalue weighted by Crippen LogP contribution is 2.33. The van der Waals surface area contributed by atoms with Crippen molar-refractivity contribution in [2.75, 3.05) is 26.2 Å². The zero-order valence-corrected chi connectivity index (χ0v) is 19.7. The summed E-state index contributed by atoms with van der Waals surface area (Å²) in [5.41, 5.74) is 0.899. The van der Waals surface area contributed by atoms with E-state index in [-0.39, 0.29) is 36.6 Å². The van der Waals surface area contributed by atoms with Crippen LogP contribution in [0, 0.1) is 5.92 Å². The second-order valence-electron chi connectivity index (χ2n) is 7.50. The summed E-state index contributed by atoms with van der Waals surface area (Å²) in [6.45, 7) is 6.33. The second kappa shape index (κ2) is 10.9. The van der Waals surface area contributed by atoms with Gasteiger partial charge in [0.2, 0.25) is 0 Å². The highest BCUT2D eigenvalue weighted by molar-refractivity contribution is 14.0. The molecular formula is C21H32IN5O2. The van der Waals surface area contributed by atoms with Gasteiger partial charge in [-0.3, -0.25) is 4.68 Å². The van der Waals surface area contributed by atoms with Crippen molar-refractivity contribution in [2.45, 2.75) is 32.0 Å². The predicted molar refractivity (Wildman–Crippen MR) is 125 cm³/mol. The van der Waals surface area contributed by atoms with Crippen LogP contribution in [0.1, 0.15) is 37.5 Å². The monoisotopic (exact) mass is 513 g/mol. The van der Waals surface area contributed by atoms with Crippen molar-refractivity contribution < 1.29 is 9.84 Å². The van der Waals surface area contributed by atoms with E-state index in [0.717, 1.165) is 31.7 Å². The van der Waals surface area contributed by atoms with Crippen LogP contribution in [0.2, 0.25) is 0 Å². The minimum Gasteiger partial charge on any atom is -0.383 e. The molecule has 3 unspecified atom stereocenters. The van der Waals surface area contributed by atoms with Gasteiger partial charge in [-0.1, -0.05) is 30.3 Å². The maximum Gasteiger partial charge on any atom is 0.191 e. The van der Waals surface area contributed by atoms with E-state index in [0.29, 0.717) is 11.9 Å². The van der Waals surface area contributed by atoms with Gasteiger partial charge in [0.05, 0.1) is 18.8 Å². The van der Waals surface area contributed by atoms with E-state index in [2.05, 4.69) is 32.9 Å². The van der Waals surface area contributed by atoms with Gasteiger partial charge in [-0.05, 0) is 25.8 Å². The molecule has 0 bridgehead atoms. The van der Waals surface area contributed by atoms with Gasteiger partial charge in [0.15, 0.2) is 5.96 Å². The Kier molecular flexibility index (Phi) is 8.91. The largest absolute Gasteiger partial charge is 0.383 e. The van der Waals surface area contributed by atoms with E-state index < -0.39 is 5.60 Å². The molecule has 3 N–H and O–H groups in total. The average molecular weight is 513 g/mol. The fourth-order valence-corrected chi connectivity index (χ4v) is 3.45. The van der Waals surface area contributed by atoms with Crippen LogP contribution >= 0.6 is 24.0 Å². The molecular weight excluding hydrogens is 481 g/mol. The van der Waals surface area contributed by atoms with Crippen LogP contribution in [0.3, 0.4) is 0 Å². The number of nitrogens with one attached hydrogen (secondary N) is 2. The summed E-state index contributed by atoms with van der Waals surface area (Å²) in [6, 6.07) is 10.4. The average Bonchev–Trinajstić information content (AvgIpc) is 3.34. The van der Waals surface area contributed by atoms with Gasteiger partial charge in [-0.2, -0.15) is 5.10 Å². The van der Waals surface area contributed by atoms with E-state index in [1.54, 1.807) is 17.8 Å². The quantitative estimate of drug-likeness (QED) is 0.301. The molecule has 0 radical (unpaired) electrons. The number of aliphatic imine (C=N–C) groups is 1. The van der Waals surface area contributed by atoms with Gasteiger partial charge in [0.25, 0.3) is 0 Å². The van der Waals surface area contributed by atoms with Crippen molar-refractivity contribution in [3.05, 3.63) is 53.9 Å². The number of hydrogen-bond acceptors (Lipinski definition) is 4. The fourth-order valence-electron chi connectivity index (χ4n) is 3.45. The van der Waals surface area contributed by atoms with Gasteiger partial charge >= 0.3 is 0 Å². The van der Waals surface area contributed by atoms with Crippen LogP contribution < -0.4 is 10.6 Å². The Balaban J connectivity index is 0.00000300. The summed E-state index contributed by atoms with van der Waals surface area (Å²) in [6.07, 6.45) is 4.61. The first-order valence-electron chi connectivity index (χ1n) is 9.90. The number of aliphatic hydroxyl groups is 1. The van der Waals surface area contributed by atoms with Crippen LogP contribution in [0.4, 0.5) is 0 Å². The number of rotatable bonds is 7. The Morgan fingerprint density at radius 3 is 2.76 bits per heavy atom. The van der Waals surface area contributed by atoms with E-state index >= 15 is 0 Å². The molecule has 0 amide bonds. The summed E-state index contributed by atoms with van der Waals surface area (Å²) in [7, 11) is 1.83. The van der Waals surface area contributed by atoms with Crippen molar-refractivity contribution >= 4 is 29.9 Å². The molecule has 1 saturated heterocycles. The second-order valence-corrected chi connectivity index (χ2v) is 7.50. The predicted octanol–water partition coefficient (Wildman–Crippen LogP) is 2.58. The molecule has 1 aliphatic rings. The van der Waals surface area contributed by atoms with Crippen molar-refractivity contribution in [1.29, 1.82) is 0 Å². The Morgan fingerprint density at radius 1 is 1.34 bits per heavy atom. The zero-order chi connectivity index (χ0) is 20.0. The van der Waals surface area contributed by atoms with Gasteiger partial charge in [-0.25, -0.2) is 4.99 Å².